The summed E-state index contributed by atoms with van der Waals surface area (Å²) in [6.07, 6.45) is 3.63. The van der Waals surface area contributed by atoms with Gasteiger partial charge in [0, 0.05) is 4.47 Å². The second-order valence-corrected chi connectivity index (χ2v) is 6.09. The van der Waals surface area contributed by atoms with Crippen LogP contribution >= 0.6 is 15.9 Å². The fourth-order valence-electron chi connectivity index (χ4n) is 2.36. The first-order chi connectivity index (χ1) is 9.63. The molecule has 0 fully saturated rings. The molecule has 0 aromatic heterocycles. The van der Waals surface area contributed by atoms with Gasteiger partial charge in [0.25, 0.3) is 0 Å². The summed E-state index contributed by atoms with van der Waals surface area (Å²) in [4.78, 5) is 0. The van der Waals surface area contributed by atoms with Crippen LogP contribution in [0.5, 0.6) is 0 Å². The quantitative estimate of drug-likeness (QED) is 0.805. The minimum Gasteiger partial charge on any atom is -0.320 e. The van der Waals surface area contributed by atoms with Crippen LogP contribution in [0.4, 0.5) is 0 Å². The third kappa shape index (κ3) is 3.50. The van der Waals surface area contributed by atoms with Crippen LogP contribution in [-0.2, 0) is 6.42 Å². The molecule has 0 spiro atoms. The molecule has 1 atom stereocenters. The molecule has 2 N–H and O–H groups in total. The van der Waals surface area contributed by atoms with E-state index in [1.54, 1.807) is 0 Å². The Balaban J connectivity index is 2.20. The molecule has 0 aliphatic rings. The second-order valence-electron chi connectivity index (χ2n) is 5.30. The monoisotopic (exact) mass is 331 g/mol. The Labute approximate surface area is 130 Å². The molecule has 1 nitrogen and oxygen atoms in total. The number of rotatable bonds is 5. The van der Waals surface area contributed by atoms with Gasteiger partial charge >= 0.3 is 0 Å². The van der Waals surface area contributed by atoms with Gasteiger partial charge < -0.3 is 5.73 Å². The molecular weight excluding hydrogens is 310 g/mol. The van der Waals surface area contributed by atoms with E-state index in [2.05, 4.69) is 72.2 Å². The van der Waals surface area contributed by atoms with Gasteiger partial charge in [0.1, 0.15) is 0 Å². The predicted molar refractivity (Wildman–Crippen MR) is 90.0 cm³/mol. The average molecular weight is 332 g/mol. The number of unbranched alkanes of at least 4 members (excludes halogenated alkanes) is 1. The summed E-state index contributed by atoms with van der Waals surface area (Å²) in [5.41, 5.74) is 11.3. The molecule has 0 amide bonds. The van der Waals surface area contributed by atoms with E-state index in [0.29, 0.717) is 0 Å². The molecule has 0 heterocycles. The van der Waals surface area contributed by atoms with Crippen LogP contribution in [0.15, 0.2) is 46.9 Å². The summed E-state index contributed by atoms with van der Waals surface area (Å²) < 4.78 is 1.11. The van der Waals surface area contributed by atoms with Crippen LogP contribution in [-0.4, -0.2) is 0 Å². The summed E-state index contributed by atoms with van der Waals surface area (Å²) in [7, 11) is 0. The van der Waals surface area contributed by atoms with Crippen molar-refractivity contribution in [3.63, 3.8) is 0 Å². The Morgan fingerprint density at radius 3 is 2.45 bits per heavy atom. The van der Waals surface area contributed by atoms with Crippen LogP contribution in [0.1, 0.15) is 48.1 Å². The molecule has 2 heteroatoms. The summed E-state index contributed by atoms with van der Waals surface area (Å²) in [5.74, 6) is 0. The van der Waals surface area contributed by atoms with Crippen molar-refractivity contribution in [1.82, 2.24) is 0 Å². The van der Waals surface area contributed by atoms with Gasteiger partial charge in [0.2, 0.25) is 0 Å². The van der Waals surface area contributed by atoms with Crippen LogP contribution in [0, 0.1) is 6.92 Å². The molecule has 0 aliphatic carbocycles. The molecule has 2 aromatic rings. The third-order valence-corrected chi connectivity index (χ3v) is 4.80. The zero-order valence-electron chi connectivity index (χ0n) is 12.2. The lowest BCUT2D eigenvalue weighted by atomic mass is 9.96. The normalized spacial score (nSPS) is 12.4. The summed E-state index contributed by atoms with van der Waals surface area (Å²) >= 11 is 3.65. The van der Waals surface area contributed by atoms with E-state index in [-0.39, 0.29) is 6.04 Å². The molecule has 106 valence electrons. The number of hydrogen-bond acceptors (Lipinski definition) is 1. The predicted octanol–water partition coefficient (Wildman–Crippen LogP) is 5.15. The SMILES string of the molecule is CCCCc1ccc(C(N)c2cccc(C)c2Br)cc1. The third-order valence-electron chi connectivity index (χ3n) is 3.71. The zero-order valence-corrected chi connectivity index (χ0v) is 13.8. The zero-order chi connectivity index (χ0) is 14.5. The molecule has 0 saturated carbocycles. The molecule has 0 bridgehead atoms. The fraction of sp³-hybridized carbons (Fsp3) is 0.333. The van der Waals surface area contributed by atoms with Crippen molar-refractivity contribution in [1.29, 1.82) is 0 Å². The minimum atomic E-state index is -0.0792. The summed E-state index contributed by atoms with van der Waals surface area (Å²) in [5, 5.41) is 0. The van der Waals surface area contributed by atoms with Crippen molar-refractivity contribution in [3.8, 4) is 0 Å². The van der Waals surface area contributed by atoms with Gasteiger partial charge in [-0.1, -0.05) is 71.7 Å². The van der Waals surface area contributed by atoms with Gasteiger partial charge in [-0.3, -0.25) is 0 Å². The second kappa shape index (κ2) is 7.05. The van der Waals surface area contributed by atoms with E-state index in [0.717, 1.165) is 22.0 Å². The van der Waals surface area contributed by atoms with E-state index in [1.807, 2.05) is 0 Å². The molecule has 0 aliphatic heterocycles. The maximum absolute atomic E-state index is 6.41. The van der Waals surface area contributed by atoms with Crippen molar-refractivity contribution in [2.75, 3.05) is 0 Å². The number of benzene rings is 2. The standard InChI is InChI=1S/C18H22BrN/c1-3-4-7-14-9-11-15(12-10-14)18(20)16-8-5-6-13(2)17(16)19/h5-6,8-12,18H,3-4,7,20H2,1-2H3. The van der Waals surface area contributed by atoms with Gasteiger partial charge in [-0.2, -0.15) is 0 Å². The van der Waals surface area contributed by atoms with Gasteiger partial charge in [-0.15, -0.1) is 0 Å². The van der Waals surface area contributed by atoms with E-state index < -0.39 is 0 Å². The number of nitrogens with two attached hydrogens (primary N) is 1. The lowest BCUT2D eigenvalue weighted by Crippen LogP contribution is -2.12. The van der Waals surface area contributed by atoms with Crippen molar-refractivity contribution < 1.29 is 0 Å². The Hall–Kier alpha value is -1.12. The van der Waals surface area contributed by atoms with E-state index in [1.165, 1.54) is 24.0 Å². The topological polar surface area (TPSA) is 26.0 Å². The summed E-state index contributed by atoms with van der Waals surface area (Å²) in [6.45, 7) is 4.31. The van der Waals surface area contributed by atoms with Crippen LogP contribution in [0.2, 0.25) is 0 Å². The molecule has 1 unspecified atom stereocenters. The highest BCUT2D eigenvalue weighted by Gasteiger charge is 2.13. The van der Waals surface area contributed by atoms with Gasteiger partial charge in [-0.25, -0.2) is 0 Å². The first kappa shape index (κ1) is 15.3. The van der Waals surface area contributed by atoms with Crippen molar-refractivity contribution in [3.05, 3.63) is 69.2 Å². The van der Waals surface area contributed by atoms with Crippen molar-refractivity contribution in [2.24, 2.45) is 5.73 Å². The maximum atomic E-state index is 6.41. The number of aryl methyl sites for hydroxylation is 2. The fourth-order valence-corrected chi connectivity index (χ4v) is 2.87. The lowest BCUT2D eigenvalue weighted by Gasteiger charge is -2.16. The number of hydrogen-bond donors (Lipinski definition) is 1. The summed E-state index contributed by atoms with van der Waals surface area (Å²) in [6, 6.07) is 14.9. The first-order valence-corrected chi connectivity index (χ1v) is 8.02. The number of halogens is 1. The molecule has 0 saturated heterocycles. The molecule has 0 radical (unpaired) electrons. The molecule has 2 rings (SSSR count). The minimum absolute atomic E-state index is 0.0792. The van der Waals surface area contributed by atoms with E-state index in [4.69, 9.17) is 5.73 Å². The molecular formula is C18H22BrN. The van der Waals surface area contributed by atoms with Gasteiger partial charge in [0.05, 0.1) is 6.04 Å². The average Bonchev–Trinajstić information content (AvgIpc) is 2.48. The Kier molecular flexibility index (Phi) is 5.38. The molecule has 2 aromatic carbocycles. The highest BCUT2D eigenvalue weighted by Crippen LogP contribution is 2.29. The largest absolute Gasteiger partial charge is 0.320 e. The Bertz CT molecular complexity index is 560. The van der Waals surface area contributed by atoms with Crippen LogP contribution in [0.25, 0.3) is 0 Å². The van der Waals surface area contributed by atoms with Crippen LogP contribution < -0.4 is 5.73 Å². The van der Waals surface area contributed by atoms with Gasteiger partial charge in [-0.05, 0) is 42.0 Å². The first-order valence-electron chi connectivity index (χ1n) is 7.23. The van der Waals surface area contributed by atoms with Crippen molar-refractivity contribution in [2.45, 2.75) is 39.2 Å². The van der Waals surface area contributed by atoms with Gasteiger partial charge in [0.15, 0.2) is 0 Å². The Morgan fingerprint density at radius 1 is 1.10 bits per heavy atom. The van der Waals surface area contributed by atoms with E-state index in [9.17, 15) is 0 Å². The Morgan fingerprint density at radius 2 is 1.80 bits per heavy atom. The van der Waals surface area contributed by atoms with Crippen LogP contribution in [0.3, 0.4) is 0 Å². The highest BCUT2D eigenvalue weighted by atomic mass is 79.9. The lowest BCUT2D eigenvalue weighted by molar-refractivity contribution is 0.793. The maximum Gasteiger partial charge on any atom is 0.0562 e. The van der Waals surface area contributed by atoms with Crippen molar-refractivity contribution >= 4 is 15.9 Å². The highest BCUT2D eigenvalue weighted by molar-refractivity contribution is 9.10. The van der Waals surface area contributed by atoms with E-state index >= 15 is 0 Å². The molecule has 20 heavy (non-hydrogen) atoms. The smallest absolute Gasteiger partial charge is 0.0562 e.